The van der Waals surface area contributed by atoms with E-state index in [2.05, 4.69) is 20.1 Å². The molecule has 0 spiro atoms. The Bertz CT molecular complexity index is 290. The van der Waals surface area contributed by atoms with Gasteiger partial charge in [-0.3, -0.25) is 0 Å². The molecule has 0 unspecified atom stereocenters. The maximum Gasteiger partial charge on any atom is 0.190 e. The van der Waals surface area contributed by atoms with Gasteiger partial charge >= 0.3 is 0 Å². The third-order valence-corrected chi connectivity index (χ3v) is 3.14. The van der Waals surface area contributed by atoms with Crippen molar-refractivity contribution < 1.29 is 0 Å². The van der Waals surface area contributed by atoms with Crippen LogP contribution in [0.15, 0.2) is 5.16 Å². The van der Waals surface area contributed by atoms with Crippen molar-refractivity contribution in [1.82, 2.24) is 20.1 Å². The van der Waals surface area contributed by atoms with E-state index in [1.807, 2.05) is 13.3 Å². The smallest absolute Gasteiger partial charge is 0.190 e. The number of aromatic nitrogens is 3. The lowest BCUT2D eigenvalue weighted by molar-refractivity contribution is 0.569. The Labute approximate surface area is 82.1 Å². The van der Waals surface area contributed by atoms with Gasteiger partial charge in [0, 0.05) is 7.05 Å². The molecule has 2 heterocycles. The zero-order chi connectivity index (χ0) is 9.26. The molecule has 1 N–H and O–H groups in total. The molecule has 0 saturated carbocycles. The third-order valence-electron chi connectivity index (χ3n) is 2.42. The van der Waals surface area contributed by atoms with Gasteiger partial charge < -0.3 is 9.88 Å². The topological polar surface area (TPSA) is 42.7 Å². The van der Waals surface area contributed by atoms with Crippen molar-refractivity contribution in [3.63, 3.8) is 0 Å². The highest BCUT2D eigenvalue weighted by atomic mass is 32.2. The van der Waals surface area contributed by atoms with E-state index < -0.39 is 0 Å². The molecule has 1 aromatic rings. The normalized spacial score (nSPS) is 22.5. The second kappa shape index (κ2) is 3.67. The van der Waals surface area contributed by atoms with Crippen LogP contribution in [0.2, 0.25) is 0 Å². The first-order valence-corrected chi connectivity index (χ1v) is 5.72. The van der Waals surface area contributed by atoms with Gasteiger partial charge in [0.2, 0.25) is 0 Å². The van der Waals surface area contributed by atoms with Gasteiger partial charge in [-0.15, -0.1) is 10.2 Å². The van der Waals surface area contributed by atoms with Gasteiger partial charge in [0.1, 0.15) is 0 Å². The van der Waals surface area contributed by atoms with Crippen molar-refractivity contribution in [3.05, 3.63) is 5.82 Å². The van der Waals surface area contributed by atoms with Crippen LogP contribution in [0.4, 0.5) is 0 Å². The van der Waals surface area contributed by atoms with Gasteiger partial charge in [-0.25, -0.2) is 0 Å². The Balaban J connectivity index is 2.24. The molecule has 1 atom stereocenters. The van der Waals surface area contributed by atoms with Crippen LogP contribution < -0.4 is 5.32 Å². The van der Waals surface area contributed by atoms with Gasteiger partial charge in [0.25, 0.3) is 0 Å². The van der Waals surface area contributed by atoms with E-state index in [0.29, 0.717) is 6.04 Å². The number of nitrogens with one attached hydrogen (secondary N) is 1. The van der Waals surface area contributed by atoms with Crippen molar-refractivity contribution in [2.45, 2.75) is 24.0 Å². The SMILES string of the molecule is CSc1nnc([C@@H]2CCCN2)n1C. The van der Waals surface area contributed by atoms with Crippen molar-refractivity contribution in [3.8, 4) is 0 Å². The van der Waals surface area contributed by atoms with Gasteiger partial charge in [0.15, 0.2) is 11.0 Å². The molecule has 0 bridgehead atoms. The number of rotatable bonds is 2. The van der Waals surface area contributed by atoms with Crippen LogP contribution in [0.25, 0.3) is 0 Å². The van der Waals surface area contributed by atoms with E-state index in [4.69, 9.17) is 0 Å². The minimum absolute atomic E-state index is 0.415. The summed E-state index contributed by atoms with van der Waals surface area (Å²) in [5, 5.41) is 12.7. The monoisotopic (exact) mass is 198 g/mol. The van der Waals surface area contributed by atoms with E-state index in [9.17, 15) is 0 Å². The highest BCUT2D eigenvalue weighted by Crippen LogP contribution is 2.23. The molecule has 1 aliphatic heterocycles. The predicted molar refractivity (Wildman–Crippen MR) is 52.8 cm³/mol. The summed E-state index contributed by atoms with van der Waals surface area (Å²) < 4.78 is 2.08. The van der Waals surface area contributed by atoms with Crippen molar-refractivity contribution in [2.24, 2.45) is 7.05 Å². The summed E-state index contributed by atoms with van der Waals surface area (Å²) in [6, 6.07) is 0.415. The Kier molecular flexibility index (Phi) is 2.55. The van der Waals surface area contributed by atoms with Crippen molar-refractivity contribution >= 4 is 11.8 Å². The molecule has 72 valence electrons. The fourth-order valence-corrected chi connectivity index (χ4v) is 2.20. The van der Waals surface area contributed by atoms with E-state index in [1.165, 1.54) is 12.8 Å². The average Bonchev–Trinajstić information content (AvgIpc) is 2.72. The van der Waals surface area contributed by atoms with E-state index in [-0.39, 0.29) is 0 Å². The zero-order valence-corrected chi connectivity index (χ0v) is 8.77. The first-order chi connectivity index (χ1) is 6.33. The van der Waals surface area contributed by atoms with Crippen LogP contribution >= 0.6 is 11.8 Å². The standard InChI is InChI=1S/C8H14N4S/c1-12-7(6-4-3-5-9-6)10-11-8(12)13-2/h6,9H,3-5H2,1-2H3/t6-/m0/s1. The summed E-state index contributed by atoms with van der Waals surface area (Å²) in [6.07, 6.45) is 4.45. The molecule has 1 aliphatic rings. The van der Waals surface area contributed by atoms with Gasteiger partial charge in [-0.05, 0) is 25.6 Å². The van der Waals surface area contributed by atoms with Gasteiger partial charge in [-0.1, -0.05) is 11.8 Å². The molecule has 1 saturated heterocycles. The molecule has 5 heteroatoms. The molecule has 13 heavy (non-hydrogen) atoms. The minimum Gasteiger partial charge on any atom is -0.308 e. The fourth-order valence-electron chi connectivity index (χ4n) is 1.71. The Hall–Kier alpha value is -0.550. The summed E-state index contributed by atoms with van der Waals surface area (Å²) in [6.45, 7) is 1.10. The molecule has 1 fully saturated rings. The van der Waals surface area contributed by atoms with E-state index >= 15 is 0 Å². The van der Waals surface area contributed by atoms with E-state index in [0.717, 1.165) is 17.5 Å². The maximum absolute atomic E-state index is 4.20. The van der Waals surface area contributed by atoms with Gasteiger partial charge in [-0.2, -0.15) is 0 Å². The van der Waals surface area contributed by atoms with Gasteiger partial charge in [0.05, 0.1) is 6.04 Å². The van der Waals surface area contributed by atoms with Crippen LogP contribution in [0.3, 0.4) is 0 Å². The fraction of sp³-hybridized carbons (Fsp3) is 0.750. The summed E-state index contributed by atoms with van der Waals surface area (Å²) in [5.74, 6) is 1.07. The lowest BCUT2D eigenvalue weighted by Gasteiger charge is -2.08. The maximum atomic E-state index is 4.20. The summed E-state index contributed by atoms with van der Waals surface area (Å²) in [7, 11) is 2.03. The van der Waals surface area contributed by atoms with Crippen molar-refractivity contribution in [2.75, 3.05) is 12.8 Å². The molecule has 1 aromatic heterocycles. The largest absolute Gasteiger partial charge is 0.308 e. The van der Waals surface area contributed by atoms with E-state index in [1.54, 1.807) is 11.8 Å². The van der Waals surface area contributed by atoms with Crippen LogP contribution in [-0.2, 0) is 7.05 Å². The molecular weight excluding hydrogens is 184 g/mol. The number of thioether (sulfide) groups is 1. The summed E-state index contributed by atoms with van der Waals surface area (Å²) >= 11 is 1.64. The Morgan fingerprint density at radius 1 is 1.54 bits per heavy atom. The number of nitrogens with zero attached hydrogens (tertiary/aromatic N) is 3. The third kappa shape index (κ3) is 1.58. The predicted octanol–water partition coefficient (Wildman–Crippen LogP) is 0.962. The molecule has 0 amide bonds. The Morgan fingerprint density at radius 2 is 2.38 bits per heavy atom. The first kappa shape index (κ1) is 9.02. The summed E-state index contributed by atoms with van der Waals surface area (Å²) in [4.78, 5) is 0. The number of hydrogen-bond donors (Lipinski definition) is 1. The molecule has 0 aliphatic carbocycles. The Morgan fingerprint density at radius 3 is 2.92 bits per heavy atom. The molecule has 4 nitrogen and oxygen atoms in total. The number of hydrogen-bond acceptors (Lipinski definition) is 4. The highest BCUT2D eigenvalue weighted by Gasteiger charge is 2.21. The second-order valence-corrected chi connectivity index (χ2v) is 4.03. The van der Waals surface area contributed by atoms with Crippen molar-refractivity contribution in [1.29, 1.82) is 0 Å². The molecule has 2 rings (SSSR count). The lowest BCUT2D eigenvalue weighted by atomic mass is 10.2. The second-order valence-electron chi connectivity index (χ2n) is 3.25. The zero-order valence-electron chi connectivity index (χ0n) is 7.95. The molecule has 0 radical (unpaired) electrons. The van der Waals surface area contributed by atoms with Crippen LogP contribution in [0.1, 0.15) is 24.7 Å². The quantitative estimate of drug-likeness (QED) is 0.719. The minimum atomic E-state index is 0.415. The average molecular weight is 198 g/mol. The molecular formula is C8H14N4S. The van der Waals surface area contributed by atoms with Crippen LogP contribution in [0.5, 0.6) is 0 Å². The van der Waals surface area contributed by atoms with Crippen LogP contribution in [0, 0.1) is 0 Å². The highest BCUT2D eigenvalue weighted by molar-refractivity contribution is 7.98. The lowest BCUT2D eigenvalue weighted by Crippen LogP contribution is -2.17. The first-order valence-electron chi connectivity index (χ1n) is 4.49. The molecule has 0 aromatic carbocycles. The van der Waals surface area contributed by atoms with Crippen LogP contribution in [-0.4, -0.2) is 27.6 Å². The summed E-state index contributed by atoms with van der Waals surface area (Å²) in [5.41, 5.74) is 0.